The van der Waals surface area contributed by atoms with E-state index in [0.717, 1.165) is 40.0 Å². The monoisotopic (exact) mass is 412 g/mol. The van der Waals surface area contributed by atoms with Crippen molar-refractivity contribution in [1.29, 1.82) is 0 Å². The van der Waals surface area contributed by atoms with Crippen LogP contribution >= 0.6 is 0 Å². The number of esters is 1. The first kappa shape index (κ1) is 20.9. The van der Waals surface area contributed by atoms with Crippen LogP contribution in [0.5, 0.6) is 5.75 Å². The van der Waals surface area contributed by atoms with Gasteiger partial charge in [-0.3, -0.25) is 0 Å². The molecule has 2 N–H and O–H groups in total. The molecule has 0 atom stereocenters. The van der Waals surface area contributed by atoms with Crippen molar-refractivity contribution in [1.82, 2.24) is 10.3 Å². The molecular weight excluding hydrogens is 384 g/mol. The van der Waals surface area contributed by atoms with Gasteiger partial charge in [-0.1, -0.05) is 30.3 Å². The molecule has 0 fully saturated rings. The summed E-state index contributed by atoms with van der Waals surface area (Å²) in [7, 11) is 0. The summed E-state index contributed by atoms with van der Waals surface area (Å²) in [6, 6.07) is 20.2. The van der Waals surface area contributed by atoms with Crippen molar-refractivity contribution in [3.05, 3.63) is 99.7 Å². The molecule has 158 valence electrons. The summed E-state index contributed by atoms with van der Waals surface area (Å²) in [6.45, 7) is 9.47. The van der Waals surface area contributed by atoms with Crippen LogP contribution in [0.4, 0.5) is 0 Å². The molecule has 0 aliphatic rings. The van der Waals surface area contributed by atoms with Crippen molar-refractivity contribution < 1.29 is 9.53 Å². The molecule has 31 heavy (non-hydrogen) atoms. The molecule has 4 aromatic rings. The highest BCUT2D eigenvalue weighted by Gasteiger charge is 2.13. The van der Waals surface area contributed by atoms with Crippen LogP contribution in [0.1, 0.15) is 43.9 Å². The van der Waals surface area contributed by atoms with Crippen molar-refractivity contribution in [2.24, 2.45) is 0 Å². The summed E-state index contributed by atoms with van der Waals surface area (Å²) >= 11 is 0. The quantitative estimate of drug-likeness (QED) is 0.306. The molecule has 0 amide bonds. The summed E-state index contributed by atoms with van der Waals surface area (Å²) < 4.78 is 5.75. The first-order valence-corrected chi connectivity index (χ1v) is 10.6. The fourth-order valence-electron chi connectivity index (χ4n) is 3.75. The van der Waals surface area contributed by atoms with Crippen LogP contribution in [0.25, 0.3) is 10.9 Å². The molecule has 0 spiro atoms. The third-order valence-electron chi connectivity index (χ3n) is 5.85. The lowest BCUT2D eigenvalue weighted by atomic mass is 10.0. The number of nitrogens with one attached hydrogen (secondary N) is 2. The van der Waals surface area contributed by atoms with Crippen LogP contribution in [0.3, 0.4) is 0 Å². The first-order valence-electron chi connectivity index (χ1n) is 10.6. The third kappa shape index (κ3) is 4.70. The maximum atomic E-state index is 12.7. The van der Waals surface area contributed by atoms with E-state index in [1.165, 1.54) is 10.9 Å². The molecule has 0 bridgehead atoms. The second-order valence-corrected chi connectivity index (χ2v) is 8.21. The number of ether oxygens (including phenoxy) is 1. The molecule has 1 heterocycles. The van der Waals surface area contributed by atoms with E-state index in [-0.39, 0.29) is 5.97 Å². The minimum absolute atomic E-state index is 0.322. The maximum Gasteiger partial charge on any atom is 0.343 e. The Bertz CT molecular complexity index is 1200. The Morgan fingerprint density at radius 3 is 2.35 bits per heavy atom. The molecule has 4 heteroatoms. The number of aromatic nitrogens is 1. The lowest BCUT2D eigenvalue weighted by molar-refractivity contribution is 0.0733. The smallest absolute Gasteiger partial charge is 0.343 e. The Labute approximate surface area is 183 Å². The zero-order chi connectivity index (χ0) is 22.0. The molecule has 1 aromatic heterocycles. The molecule has 4 nitrogen and oxygen atoms in total. The van der Waals surface area contributed by atoms with Gasteiger partial charge in [0.2, 0.25) is 0 Å². The minimum atomic E-state index is -0.322. The average molecular weight is 413 g/mol. The number of hydrogen-bond acceptors (Lipinski definition) is 3. The third-order valence-corrected chi connectivity index (χ3v) is 5.85. The molecule has 4 rings (SSSR count). The Morgan fingerprint density at radius 2 is 1.61 bits per heavy atom. The van der Waals surface area contributed by atoms with Crippen LogP contribution < -0.4 is 10.1 Å². The fourth-order valence-corrected chi connectivity index (χ4v) is 3.75. The Hall–Kier alpha value is -3.37. The SMILES string of the molecule is Cc1ccc(CNCc2cc3ccccc3[nH]2)cc1OC(=O)c1cc(C)c(C)c(C)c1. The summed E-state index contributed by atoms with van der Waals surface area (Å²) in [6.07, 6.45) is 0. The van der Waals surface area contributed by atoms with Gasteiger partial charge in [0.1, 0.15) is 5.75 Å². The van der Waals surface area contributed by atoms with Crippen LogP contribution in [-0.2, 0) is 13.1 Å². The second-order valence-electron chi connectivity index (χ2n) is 8.21. The van der Waals surface area contributed by atoms with Crippen LogP contribution in [0.2, 0.25) is 0 Å². The van der Waals surface area contributed by atoms with Gasteiger partial charge < -0.3 is 15.0 Å². The first-order chi connectivity index (χ1) is 14.9. The molecule has 0 saturated heterocycles. The molecule has 0 radical (unpaired) electrons. The molecule has 0 unspecified atom stereocenters. The van der Waals surface area contributed by atoms with Gasteiger partial charge in [0.05, 0.1) is 5.56 Å². The van der Waals surface area contributed by atoms with Gasteiger partial charge in [-0.15, -0.1) is 0 Å². The van der Waals surface area contributed by atoms with E-state index in [0.29, 0.717) is 17.9 Å². The number of benzene rings is 3. The number of aryl methyl sites for hydroxylation is 3. The number of carbonyl (C=O) groups excluding carboxylic acids is 1. The number of carbonyl (C=O) groups is 1. The van der Waals surface area contributed by atoms with Gasteiger partial charge in [0.25, 0.3) is 0 Å². The lowest BCUT2D eigenvalue weighted by Gasteiger charge is -2.12. The van der Waals surface area contributed by atoms with E-state index in [4.69, 9.17) is 4.74 Å². The Balaban J connectivity index is 1.42. The molecular formula is C27H28N2O2. The normalized spacial score (nSPS) is 11.1. The zero-order valence-corrected chi connectivity index (χ0v) is 18.5. The Kier molecular flexibility index (Phi) is 5.92. The second kappa shape index (κ2) is 8.78. The zero-order valence-electron chi connectivity index (χ0n) is 18.5. The maximum absolute atomic E-state index is 12.7. The number of rotatable bonds is 6. The highest BCUT2D eigenvalue weighted by Crippen LogP contribution is 2.23. The van der Waals surface area contributed by atoms with Gasteiger partial charge in [-0.2, -0.15) is 0 Å². The van der Waals surface area contributed by atoms with Crippen LogP contribution in [0, 0.1) is 27.7 Å². The molecule has 0 aliphatic carbocycles. The van der Waals surface area contributed by atoms with E-state index in [9.17, 15) is 4.79 Å². The highest BCUT2D eigenvalue weighted by molar-refractivity contribution is 5.91. The molecule has 3 aromatic carbocycles. The fraction of sp³-hybridized carbons (Fsp3) is 0.222. The lowest BCUT2D eigenvalue weighted by Crippen LogP contribution is -2.14. The average Bonchev–Trinajstić information content (AvgIpc) is 3.16. The predicted molar refractivity (Wildman–Crippen MR) is 126 cm³/mol. The van der Waals surface area contributed by atoms with Crippen molar-refractivity contribution >= 4 is 16.9 Å². The molecule has 0 saturated carbocycles. The summed E-state index contributed by atoms with van der Waals surface area (Å²) in [5.41, 5.74) is 8.28. The standard InChI is InChI=1S/C27H28N2O2/c1-17-9-10-21(15-28-16-24-14-22-7-5-6-8-25(22)29-24)13-26(17)31-27(30)23-11-18(2)20(4)19(3)12-23/h5-14,28-29H,15-16H2,1-4H3. The van der Waals surface area contributed by atoms with Crippen LogP contribution in [0.15, 0.2) is 60.7 Å². The largest absolute Gasteiger partial charge is 0.423 e. The minimum Gasteiger partial charge on any atom is -0.423 e. The van der Waals surface area contributed by atoms with Gasteiger partial charge >= 0.3 is 5.97 Å². The van der Waals surface area contributed by atoms with E-state index >= 15 is 0 Å². The summed E-state index contributed by atoms with van der Waals surface area (Å²) in [5, 5.41) is 4.67. The number of hydrogen-bond donors (Lipinski definition) is 2. The Morgan fingerprint density at radius 1 is 0.871 bits per heavy atom. The highest BCUT2D eigenvalue weighted by atomic mass is 16.5. The van der Waals surface area contributed by atoms with Crippen molar-refractivity contribution in [2.75, 3.05) is 0 Å². The van der Waals surface area contributed by atoms with Gasteiger partial charge in [0, 0.05) is 24.3 Å². The number of aromatic amines is 1. The van der Waals surface area contributed by atoms with Gasteiger partial charge in [-0.25, -0.2) is 4.79 Å². The van der Waals surface area contributed by atoms with E-state index in [1.807, 2.05) is 57.2 Å². The van der Waals surface area contributed by atoms with Crippen LogP contribution in [-0.4, -0.2) is 11.0 Å². The van der Waals surface area contributed by atoms with Crippen molar-refractivity contribution in [2.45, 2.75) is 40.8 Å². The van der Waals surface area contributed by atoms with E-state index in [2.05, 4.69) is 41.5 Å². The summed E-state index contributed by atoms with van der Waals surface area (Å²) in [4.78, 5) is 16.2. The van der Waals surface area contributed by atoms with Crippen molar-refractivity contribution in [3.8, 4) is 5.75 Å². The van der Waals surface area contributed by atoms with Gasteiger partial charge in [-0.05, 0) is 91.2 Å². The molecule has 0 aliphatic heterocycles. The van der Waals surface area contributed by atoms with Gasteiger partial charge in [0.15, 0.2) is 0 Å². The number of para-hydroxylation sites is 1. The number of H-pyrrole nitrogens is 1. The van der Waals surface area contributed by atoms with E-state index in [1.54, 1.807) is 0 Å². The topological polar surface area (TPSA) is 54.1 Å². The predicted octanol–water partition coefficient (Wildman–Crippen LogP) is 5.91. The summed E-state index contributed by atoms with van der Waals surface area (Å²) in [5.74, 6) is 0.281. The van der Waals surface area contributed by atoms with E-state index < -0.39 is 0 Å². The van der Waals surface area contributed by atoms with Crippen molar-refractivity contribution in [3.63, 3.8) is 0 Å². The number of fused-ring (bicyclic) bond motifs is 1.